The first-order chi connectivity index (χ1) is 5.18. The summed E-state index contributed by atoms with van der Waals surface area (Å²) in [7, 11) is 1.76. The summed E-state index contributed by atoms with van der Waals surface area (Å²) in [5, 5.41) is 0. The van der Waals surface area contributed by atoms with Crippen LogP contribution >= 0.6 is 0 Å². The third-order valence-electron chi connectivity index (χ3n) is 3.09. The van der Waals surface area contributed by atoms with Crippen molar-refractivity contribution in [2.45, 2.75) is 38.4 Å². The maximum Gasteiger partial charge on any atom is 0.168 e. The predicted molar refractivity (Wildman–Crippen MR) is 42.3 cm³/mol. The van der Waals surface area contributed by atoms with Crippen LogP contribution in [0.3, 0.4) is 0 Å². The molecule has 2 atom stereocenters. The van der Waals surface area contributed by atoms with Crippen molar-refractivity contribution in [2.75, 3.05) is 13.7 Å². The van der Waals surface area contributed by atoms with Crippen molar-refractivity contribution >= 4 is 0 Å². The van der Waals surface area contributed by atoms with Gasteiger partial charge in [-0.2, -0.15) is 0 Å². The highest BCUT2D eigenvalue weighted by molar-refractivity contribution is 4.93. The Morgan fingerprint density at radius 2 is 2.18 bits per heavy atom. The standard InChI is InChI=1S/C9H16O2/c1-8-4-3-5-9(6-8,10-2)11-7-8/h3-7H2,1-2H3. The fraction of sp³-hybridized carbons (Fsp3) is 1.00. The Labute approximate surface area is 67.9 Å². The van der Waals surface area contributed by atoms with E-state index in [1.165, 1.54) is 12.8 Å². The van der Waals surface area contributed by atoms with E-state index in [1.54, 1.807) is 7.11 Å². The van der Waals surface area contributed by atoms with E-state index < -0.39 is 0 Å². The molecule has 0 radical (unpaired) electrons. The Bertz CT molecular complexity index is 169. The third kappa shape index (κ3) is 1.09. The molecule has 1 saturated carbocycles. The summed E-state index contributed by atoms with van der Waals surface area (Å²) in [6.07, 6.45) is 4.73. The molecule has 1 aliphatic carbocycles. The smallest absolute Gasteiger partial charge is 0.168 e. The van der Waals surface area contributed by atoms with Crippen LogP contribution in [-0.2, 0) is 9.47 Å². The minimum atomic E-state index is -0.201. The van der Waals surface area contributed by atoms with E-state index >= 15 is 0 Å². The molecule has 0 aromatic heterocycles. The Kier molecular flexibility index (Phi) is 1.52. The molecule has 2 rings (SSSR count). The molecular formula is C9H16O2. The minimum Gasteiger partial charge on any atom is -0.353 e. The maximum absolute atomic E-state index is 5.69. The second kappa shape index (κ2) is 2.20. The molecule has 0 amide bonds. The van der Waals surface area contributed by atoms with Crippen LogP contribution in [-0.4, -0.2) is 19.5 Å². The molecule has 1 saturated heterocycles. The number of ether oxygens (including phenoxy) is 2. The van der Waals surface area contributed by atoms with E-state index in [0.717, 1.165) is 19.4 Å². The second-order valence-corrected chi connectivity index (χ2v) is 4.24. The van der Waals surface area contributed by atoms with E-state index in [0.29, 0.717) is 5.41 Å². The molecule has 0 aromatic rings. The summed E-state index contributed by atoms with van der Waals surface area (Å²) in [5.74, 6) is -0.201. The van der Waals surface area contributed by atoms with Gasteiger partial charge < -0.3 is 9.47 Å². The first kappa shape index (κ1) is 7.56. The molecule has 64 valence electrons. The fourth-order valence-electron chi connectivity index (χ4n) is 2.40. The number of fused-ring (bicyclic) bond motifs is 2. The summed E-state index contributed by atoms with van der Waals surface area (Å²) in [4.78, 5) is 0. The van der Waals surface area contributed by atoms with Crippen molar-refractivity contribution in [1.29, 1.82) is 0 Å². The van der Waals surface area contributed by atoms with Gasteiger partial charge in [0.1, 0.15) is 0 Å². The van der Waals surface area contributed by atoms with Crippen LogP contribution < -0.4 is 0 Å². The van der Waals surface area contributed by atoms with Gasteiger partial charge in [-0.25, -0.2) is 0 Å². The summed E-state index contributed by atoms with van der Waals surface area (Å²) in [6.45, 7) is 3.19. The van der Waals surface area contributed by atoms with E-state index in [2.05, 4.69) is 6.92 Å². The van der Waals surface area contributed by atoms with Crippen LogP contribution in [0.5, 0.6) is 0 Å². The number of hydrogen-bond donors (Lipinski definition) is 0. The zero-order valence-corrected chi connectivity index (χ0v) is 7.35. The van der Waals surface area contributed by atoms with Crippen LogP contribution in [0.2, 0.25) is 0 Å². The molecular weight excluding hydrogens is 140 g/mol. The van der Waals surface area contributed by atoms with Crippen LogP contribution in [0.25, 0.3) is 0 Å². The lowest BCUT2D eigenvalue weighted by atomic mass is 9.76. The van der Waals surface area contributed by atoms with Gasteiger partial charge in [-0.3, -0.25) is 0 Å². The highest BCUT2D eigenvalue weighted by Gasteiger charge is 2.50. The molecule has 0 aromatic carbocycles. The zero-order chi connectivity index (χ0) is 7.95. The Morgan fingerprint density at radius 3 is 2.82 bits per heavy atom. The Balaban J connectivity index is 2.17. The summed E-state index contributed by atoms with van der Waals surface area (Å²) in [5.41, 5.74) is 0.411. The molecule has 0 N–H and O–H groups in total. The van der Waals surface area contributed by atoms with Crippen LogP contribution in [0.1, 0.15) is 32.6 Å². The van der Waals surface area contributed by atoms with Crippen molar-refractivity contribution in [3.05, 3.63) is 0 Å². The van der Waals surface area contributed by atoms with Gasteiger partial charge in [0.25, 0.3) is 0 Å². The third-order valence-corrected chi connectivity index (χ3v) is 3.09. The number of hydrogen-bond acceptors (Lipinski definition) is 2. The largest absolute Gasteiger partial charge is 0.353 e. The van der Waals surface area contributed by atoms with Gasteiger partial charge in [-0.05, 0) is 18.3 Å². The van der Waals surface area contributed by atoms with Crippen molar-refractivity contribution in [3.63, 3.8) is 0 Å². The number of methoxy groups -OCH3 is 1. The molecule has 1 aliphatic heterocycles. The van der Waals surface area contributed by atoms with Crippen LogP contribution in [0, 0.1) is 5.41 Å². The lowest BCUT2D eigenvalue weighted by molar-refractivity contribution is -0.198. The van der Waals surface area contributed by atoms with Crippen molar-refractivity contribution in [2.24, 2.45) is 5.41 Å². The molecule has 2 nitrogen and oxygen atoms in total. The quantitative estimate of drug-likeness (QED) is 0.577. The monoisotopic (exact) mass is 156 g/mol. The van der Waals surface area contributed by atoms with Gasteiger partial charge >= 0.3 is 0 Å². The average Bonchev–Trinajstić information content (AvgIpc) is 2.24. The molecule has 2 heteroatoms. The van der Waals surface area contributed by atoms with Crippen molar-refractivity contribution in [1.82, 2.24) is 0 Å². The van der Waals surface area contributed by atoms with E-state index in [1.807, 2.05) is 0 Å². The normalized spacial score (nSPS) is 49.6. The van der Waals surface area contributed by atoms with Gasteiger partial charge in [0.2, 0.25) is 0 Å². The number of rotatable bonds is 1. The van der Waals surface area contributed by atoms with Crippen LogP contribution in [0.4, 0.5) is 0 Å². The first-order valence-corrected chi connectivity index (χ1v) is 4.37. The molecule has 2 fully saturated rings. The van der Waals surface area contributed by atoms with Gasteiger partial charge in [-0.15, -0.1) is 0 Å². The fourth-order valence-corrected chi connectivity index (χ4v) is 2.40. The Morgan fingerprint density at radius 1 is 1.36 bits per heavy atom. The lowest BCUT2D eigenvalue weighted by Gasteiger charge is -2.33. The average molecular weight is 156 g/mol. The van der Waals surface area contributed by atoms with Crippen LogP contribution in [0.15, 0.2) is 0 Å². The highest BCUT2D eigenvalue weighted by atomic mass is 16.7. The second-order valence-electron chi connectivity index (χ2n) is 4.24. The SMILES string of the molecule is COC12CCCC(C)(CO1)C2. The molecule has 2 aliphatic rings. The van der Waals surface area contributed by atoms with E-state index in [4.69, 9.17) is 9.47 Å². The van der Waals surface area contributed by atoms with Gasteiger partial charge in [-0.1, -0.05) is 6.92 Å². The summed E-state index contributed by atoms with van der Waals surface area (Å²) >= 11 is 0. The summed E-state index contributed by atoms with van der Waals surface area (Å²) in [6, 6.07) is 0. The van der Waals surface area contributed by atoms with Crippen molar-refractivity contribution in [3.8, 4) is 0 Å². The molecule has 2 bridgehead atoms. The molecule has 2 unspecified atom stereocenters. The van der Waals surface area contributed by atoms with Gasteiger partial charge in [0, 0.05) is 20.0 Å². The van der Waals surface area contributed by atoms with E-state index in [-0.39, 0.29) is 5.79 Å². The Hall–Kier alpha value is -0.0800. The molecule has 0 spiro atoms. The highest BCUT2D eigenvalue weighted by Crippen LogP contribution is 2.49. The summed E-state index contributed by atoms with van der Waals surface area (Å²) < 4.78 is 11.1. The first-order valence-electron chi connectivity index (χ1n) is 4.37. The molecule has 11 heavy (non-hydrogen) atoms. The maximum atomic E-state index is 5.69. The minimum absolute atomic E-state index is 0.201. The van der Waals surface area contributed by atoms with E-state index in [9.17, 15) is 0 Å². The molecule has 1 heterocycles. The van der Waals surface area contributed by atoms with Gasteiger partial charge in [0.15, 0.2) is 5.79 Å². The zero-order valence-electron chi connectivity index (χ0n) is 7.35. The van der Waals surface area contributed by atoms with Gasteiger partial charge in [0.05, 0.1) is 6.61 Å². The lowest BCUT2D eigenvalue weighted by Crippen LogP contribution is -2.34. The topological polar surface area (TPSA) is 18.5 Å². The predicted octanol–water partition coefficient (Wildman–Crippen LogP) is 1.94. The van der Waals surface area contributed by atoms with Crippen molar-refractivity contribution < 1.29 is 9.47 Å².